The van der Waals surface area contributed by atoms with Crippen LogP contribution in [0.3, 0.4) is 0 Å². The molecule has 0 aromatic carbocycles. The van der Waals surface area contributed by atoms with E-state index in [1.54, 1.807) is 0 Å². The SMILES string of the molecule is CNc1nnc(SCC(=O)NCC2(N3CCOCC3)CCCCC2)s1. The first-order valence-corrected chi connectivity index (χ1v) is 10.8. The standard InChI is InChI=1S/C16H27N5O2S2/c1-17-14-19-20-15(25-14)24-11-13(22)18-12-16(5-3-2-4-6-16)21-7-9-23-10-8-21/h2-12H2,1H3,(H,17,19)(H,18,22). The Balaban J connectivity index is 1.50. The lowest BCUT2D eigenvalue weighted by molar-refractivity contribution is -0.119. The molecule has 1 aliphatic carbocycles. The Bertz CT molecular complexity index is 556. The quantitative estimate of drug-likeness (QED) is 0.693. The lowest BCUT2D eigenvalue weighted by Gasteiger charge is -2.48. The summed E-state index contributed by atoms with van der Waals surface area (Å²) in [6.45, 7) is 4.29. The van der Waals surface area contributed by atoms with Crippen molar-refractivity contribution in [3.05, 3.63) is 0 Å². The average Bonchev–Trinajstić information content (AvgIpc) is 3.14. The summed E-state index contributed by atoms with van der Waals surface area (Å²) in [5.41, 5.74) is 0.115. The van der Waals surface area contributed by atoms with Crippen LogP contribution in [0.25, 0.3) is 0 Å². The van der Waals surface area contributed by atoms with Crippen molar-refractivity contribution in [1.82, 2.24) is 20.4 Å². The maximum atomic E-state index is 12.3. The highest BCUT2D eigenvalue weighted by atomic mass is 32.2. The van der Waals surface area contributed by atoms with E-state index in [4.69, 9.17) is 4.74 Å². The molecule has 1 amide bonds. The van der Waals surface area contributed by atoms with E-state index < -0.39 is 0 Å². The van der Waals surface area contributed by atoms with Crippen molar-refractivity contribution in [2.24, 2.45) is 0 Å². The molecule has 0 spiro atoms. The molecular weight excluding hydrogens is 358 g/mol. The van der Waals surface area contributed by atoms with Crippen molar-refractivity contribution in [1.29, 1.82) is 0 Å². The number of thioether (sulfide) groups is 1. The molecule has 25 heavy (non-hydrogen) atoms. The minimum Gasteiger partial charge on any atom is -0.379 e. The van der Waals surface area contributed by atoms with Gasteiger partial charge in [0.25, 0.3) is 0 Å². The van der Waals surface area contributed by atoms with Crippen LogP contribution in [0.15, 0.2) is 4.34 Å². The van der Waals surface area contributed by atoms with E-state index >= 15 is 0 Å². The lowest BCUT2D eigenvalue weighted by atomic mass is 9.79. The van der Waals surface area contributed by atoms with E-state index in [-0.39, 0.29) is 11.4 Å². The van der Waals surface area contributed by atoms with Crippen LogP contribution in [-0.4, -0.2) is 72.2 Å². The van der Waals surface area contributed by atoms with Crippen LogP contribution < -0.4 is 10.6 Å². The number of nitrogens with zero attached hydrogens (tertiary/aromatic N) is 3. The van der Waals surface area contributed by atoms with Gasteiger partial charge in [0.05, 0.1) is 19.0 Å². The molecule has 0 unspecified atom stereocenters. The van der Waals surface area contributed by atoms with E-state index in [0.29, 0.717) is 5.75 Å². The largest absolute Gasteiger partial charge is 0.379 e. The van der Waals surface area contributed by atoms with Gasteiger partial charge in [0.15, 0.2) is 4.34 Å². The van der Waals surface area contributed by atoms with Gasteiger partial charge < -0.3 is 15.4 Å². The molecule has 0 radical (unpaired) electrons. The van der Waals surface area contributed by atoms with Crippen molar-refractivity contribution >= 4 is 34.1 Å². The first-order chi connectivity index (χ1) is 12.2. The summed E-state index contributed by atoms with van der Waals surface area (Å²) in [5.74, 6) is 0.460. The molecule has 1 aromatic rings. The number of hydrogen-bond donors (Lipinski definition) is 2. The number of aromatic nitrogens is 2. The number of morpholine rings is 1. The first-order valence-electron chi connectivity index (χ1n) is 8.95. The summed E-state index contributed by atoms with van der Waals surface area (Å²) < 4.78 is 6.33. The van der Waals surface area contributed by atoms with E-state index in [2.05, 4.69) is 25.7 Å². The summed E-state index contributed by atoms with van der Waals surface area (Å²) in [6.07, 6.45) is 6.14. The second-order valence-corrected chi connectivity index (χ2v) is 8.77. The summed E-state index contributed by atoms with van der Waals surface area (Å²) >= 11 is 2.92. The zero-order valence-electron chi connectivity index (χ0n) is 14.8. The monoisotopic (exact) mass is 385 g/mol. The maximum Gasteiger partial charge on any atom is 0.230 e. The molecule has 1 aromatic heterocycles. The minimum atomic E-state index is 0.0735. The summed E-state index contributed by atoms with van der Waals surface area (Å²) in [5, 5.41) is 15.0. The summed E-state index contributed by atoms with van der Waals surface area (Å²) in [7, 11) is 1.82. The Labute approximate surface area is 157 Å². The highest BCUT2D eigenvalue weighted by molar-refractivity contribution is 8.01. The van der Waals surface area contributed by atoms with Crippen LogP contribution in [0.4, 0.5) is 5.13 Å². The molecule has 2 fully saturated rings. The molecule has 7 nitrogen and oxygen atoms in total. The molecule has 0 atom stereocenters. The fraction of sp³-hybridized carbons (Fsp3) is 0.812. The van der Waals surface area contributed by atoms with Gasteiger partial charge in [-0.1, -0.05) is 42.4 Å². The van der Waals surface area contributed by atoms with Gasteiger partial charge in [0.2, 0.25) is 11.0 Å². The Kier molecular flexibility index (Phi) is 6.92. The first kappa shape index (κ1) is 18.9. The topological polar surface area (TPSA) is 79.4 Å². The van der Waals surface area contributed by atoms with Gasteiger partial charge in [-0.25, -0.2) is 0 Å². The summed E-state index contributed by atoms with van der Waals surface area (Å²) in [4.78, 5) is 14.9. The smallest absolute Gasteiger partial charge is 0.230 e. The molecular formula is C16H27N5O2S2. The third-order valence-electron chi connectivity index (χ3n) is 5.03. The van der Waals surface area contributed by atoms with E-state index in [9.17, 15) is 4.79 Å². The predicted molar refractivity (Wildman–Crippen MR) is 101 cm³/mol. The van der Waals surface area contributed by atoms with Gasteiger partial charge in [0.1, 0.15) is 0 Å². The number of amides is 1. The highest BCUT2D eigenvalue weighted by Crippen LogP contribution is 2.34. The zero-order valence-corrected chi connectivity index (χ0v) is 16.4. The fourth-order valence-electron chi connectivity index (χ4n) is 3.66. The number of anilines is 1. The maximum absolute atomic E-state index is 12.3. The average molecular weight is 386 g/mol. The van der Waals surface area contributed by atoms with E-state index in [0.717, 1.165) is 42.3 Å². The van der Waals surface area contributed by atoms with Crippen LogP contribution in [0.5, 0.6) is 0 Å². The van der Waals surface area contributed by atoms with Crippen LogP contribution >= 0.6 is 23.1 Å². The third kappa shape index (κ3) is 5.06. The molecule has 3 rings (SSSR count). The van der Waals surface area contributed by atoms with Crippen molar-refractivity contribution in [2.75, 3.05) is 51.0 Å². The van der Waals surface area contributed by atoms with Crippen LogP contribution in [0, 0.1) is 0 Å². The molecule has 1 saturated heterocycles. The normalized spacial score (nSPS) is 21.0. The molecule has 140 valence electrons. The Morgan fingerprint density at radius 3 is 2.72 bits per heavy atom. The Morgan fingerprint density at radius 2 is 2.04 bits per heavy atom. The number of ether oxygens (including phenoxy) is 1. The van der Waals surface area contributed by atoms with Gasteiger partial charge in [-0.3, -0.25) is 9.69 Å². The number of carbonyl (C=O) groups excluding carboxylic acids is 1. The predicted octanol–water partition coefficient (Wildman–Crippen LogP) is 1.82. The minimum absolute atomic E-state index is 0.0735. The number of rotatable bonds is 7. The number of carbonyl (C=O) groups is 1. The third-order valence-corrected chi connectivity index (χ3v) is 7.10. The highest BCUT2D eigenvalue weighted by Gasteiger charge is 2.38. The number of nitrogens with one attached hydrogen (secondary N) is 2. The summed E-state index contributed by atoms with van der Waals surface area (Å²) in [6, 6.07) is 0. The van der Waals surface area contributed by atoms with Gasteiger partial charge in [-0.2, -0.15) is 0 Å². The second-order valence-electron chi connectivity index (χ2n) is 6.57. The molecule has 2 heterocycles. The van der Waals surface area contributed by atoms with Gasteiger partial charge in [-0.05, 0) is 12.8 Å². The van der Waals surface area contributed by atoms with E-state index in [1.165, 1.54) is 55.2 Å². The molecule has 9 heteroatoms. The second kappa shape index (κ2) is 9.16. The number of hydrogen-bond acceptors (Lipinski definition) is 8. The van der Waals surface area contributed by atoms with Crippen molar-refractivity contribution in [2.45, 2.75) is 42.0 Å². The molecule has 1 aliphatic heterocycles. The molecule has 1 saturated carbocycles. The molecule has 0 bridgehead atoms. The lowest BCUT2D eigenvalue weighted by Crippen LogP contribution is -2.59. The zero-order chi connectivity index (χ0) is 17.5. The van der Waals surface area contributed by atoms with Crippen LogP contribution in [-0.2, 0) is 9.53 Å². The van der Waals surface area contributed by atoms with Gasteiger partial charge in [0, 0.05) is 32.2 Å². The Morgan fingerprint density at radius 1 is 1.28 bits per heavy atom. The van der Waals surface area contributed by atoms with E-state index in [1.807, 2.05) is 7.05 Å². The van der Waals surface area contributed by atoms with Crippen molar-refractivity contribution in [3.63, 3.8) is 0 Å². The van der Waals surface area contributed by atoms with Gasteiger partial charge >= 0.3 is 0 Å². The molecule has 2 aliphatic rings. The van der Waals surface area contributed by atoms with Gasteiger partial charge in [-0.15, -0.1) is 10.2 Å². The fourth-order valence-corrected chi connectivity index (χ4v) is 5.20. The van der Waals surface area contributed by atoms with Crippen molar-refractivity contribution in [3.8, 4) is 0 Å². The van der Waals surface area contributed by atoms with Crippen LogP contribution in [0.2, 0.25) is 0 Å². The Hall–Kier alpha value is -0.900. The van der Waals surface area contributed by atoms with Crippen molar-refractivity contribution < 1.29 is 9.53 Å². The molecule has 2 N–H and O–H groups in total. The van der Waals surface area contributed by atoms with Crippen LogP contribution in [0.1, 0.15) is 32.1 Å².